The number of oxazole rings is 1. The predicted octanol–water partition coefficient (Wildman–Crippen LogP) is 4.88. The average Bonchev–Trinajstić information content (AvgIpc) is 2.95. The molecule has 0 spiro atoms. The van der Waals surface area contributed by atoms with Crippen LogP contribution in [0.5, 0.6) is 11.7 Å². The Balaban J connectivity index is 1.90. The monoisotopic (exact) mass is 386 g/mol. The molecule has 0 radical (unpaired) electrons. The van der Waals surface area contributed by atoms with E-state index in [1.807, 2.05) is 43.3 Å². The molecular weight excluding hydrogens is 372 g/mol. The summed E-state index contributed by atoms with van der Waals surface area (Å²) in [6, 6.07) is 13.1. The zero-order valence-corrected chi connectivity index (χ0v) is 14.7. The molecule has 24 heavy (non-hydrogen) atoms. The van der Waals surface area contributed by atoms with Crippen LogP contribution in [0.2, 0.25) is 0 Å². The van der Waals surface area contributed by atoms with E-state index in [4.69, 9.17) is 9.15 Å². The van der Waals surface area contributed by atoms with E-state index < -0.39 is 0 Å². The molecule has 3 aromatic rings. The predicted molar refractivity (Wildman–Crippen MR) is 96.3 cm³/mol. The summed E-state index contributed by atoms with van der Waals surface area (Å²) in [7, 11) is 1.59. The molecule has 0 aliphatic heterocycles. The summed E-state index contributed by atoms with van der Waals surface area (Å²) >= 11 is 3.46. The number of aromatic nitrogens is 1. The lowest BCUT2D eigenvalue weighted by Gasteiger charge is -2.00. The third kappa shape index (κ3) is 3.49. The van der Waals surface area contributed by atoms with Gasteiger partial charge in [-0.3, -0.25) is 4.99 Å². The zero-order valence-electron chi connectivity index (χ0n) is 13.2. The zero-order chi connectivity index (χ0) is 17.1. The van der Waals surface area contributed by atoms with Crippen molar-refractivity contribution in [2.24, 2.45) is 4.99 Å². The van der Waals surface area contributed by atoms with Gasteiger partial charge in [0.05, 0.1) is 19.0 Å². The fourth-order valence-electron chi connectivity index (χ4n) is 2.13. The van der Waals surface area contributed by atoms with E-state index in [2.05, 4.69) is 25.9 Å². The van der Waals surface area contributed by atoms with Gasteiger partial charge in [0.25, 0.3) is 0 Å². The molecule has 1 aromatic heterocycles. The molecule has 0 aliphatic carbocycles. The summed E-state index contributed by atoms with van der Waals surface area (Å²) in [6.07, 6.45) is 1.47. The first-order valence-electron chi connectivity index (χ1n) is 7.21. The average molecular weight is 387 g/mol. The Kier molecular flexibility index (Phi) is 4.66. The molecule has 0 atom stereocenters. The fraction of sp³-hybridized carbons (Fsp3) is 0.111. The van der Waals surface area contributed by atoms with E-state index in [0.29, 0.717) is 17.2 Å². The van der Waals surface area contributed by atoms with Gasteiger partial charge in [0.1, 0.15) is 5.75 Å². The summed E-state index contributed by atoms with van der Waals surface area (Å²) in [5.41, 5.74) is 2.84. The Hall–Kier alpha value is -2.60. The number of hydrogen-bond donors (Lipinski definition) is 1. The largest absolute Gasteiger partial charge is 0.497 e. The molecule has 6 heteroatoms. The molecule has 5 nitrogen and oxygen atoms in total. The van der Waals surface area contributed by atoms with Gasteiger partial charge in [-0.25, -0.2) is 4.98 Å². The van der Waals surface area contributed by atoms with Gasteiger partial charge in [0, 0.05) is 10.0 Å². The lowest BCUT2D eigenvalue weighted by atomic mass is 10.2. The molecule has 0 amide bonds. The van der Waals surface area contributed by atoms with Gasteiger partial charge in [-0.1, -0.05) is 12.1 Å². The van der Waals surface area contributed by atoms with Crippen molar-refractivity contribution in [2.75, 3.05) is 7.11 Å². The summed E-state index contributed by atoms with van der Waals surface area (Å²) in [5, 5.41) is 9.95. The highest BCUT2D eigenvalue weighted by molar-refractivity contribution is 9.10. The number of aromatic hydroxyl groups is 1. The third-order valence-electron chi connectivity index (χ3n) is 3.38. The van der Waals surface area contributed by atoms with Crippen molar-refractivity contribution in [1.82, 2.24) is 4.98 Å². The lowest BCUT2D eigenvalue weighted by molar-refractivity contribution is 0.336. The van der Waals surface area contributed by atoms with E-state index in [0.717, 1.165) is 15.7 Å². The molecule has 1 heterocycles. The van der Waals surface area contributed by atoms with Crippen LogP contribution in [0, 0.1) is 6.92 Å². The molecule has 122 valence electrons. The molecule has 1 N–H and O–H groups in total. The van der Waals surface area contributed by atoms with Crippen molar-refractivity contribution in [1.29, 1.82) is 0 Å². The van der Waals surface area contributed by atoms with Crippen LogP contribution in [0.15, 0.2) is 56.3 Å². The number of hydrogen-bond acceptors (Lipinski definition) is 5. The molecule has 3 rings (SSSR count). The van der Waals surface area contributed by atoms with Crippen LogP contribution < -0.4 is 4.74 Å². The molecule has 0 aliphatic rings. The van der Waals surface area contributed by atoms with Gasteiger partial charge in [-0.05, 0) is 58.7 Å². The van der Waals surface area contributed by atoms with Gasteiger partial charge >= 0.3 is 5.95 Å². The van der Waals surface area contributed by atoms with Crippen LogP contribution in [0.3, 0.4) is 0 Å². The van der Waals surface area contributed by atoms with Gasteiger partial charge in [0.2, 0.25) is 5.89 Å². The van der Waals surface area contributed by atoms with E-state index in [9.17, 15) is 5.11 Å². The van der Waals surface area contributed by atoms with E-state index >= 15 is 0 Å². The van der Waals surface area contributed by atoms with Crippen LogP contribution in [-0.2, 0) is 0 Å². The quantitative estimate of drug-likeness (QED) is 0.648. The van der Waals surface area contributed by atoms with Crippen LogP contribution >= 0.6 is 15.9 Å². The molecule has 0 saturated carbocycles. The third-order valence-corrected chi connectivity index (χ3v) is 4.02. The highest BCUT2D eigenvalue weighted by atomic mass is 79.9. The normalized spacial score (nSPS) is 11.1. The number of methoxy groups -OCH3 is 1. The molecule has 0 fully saturated rings. The van der Waals surface area contributed by atoms with Crippen LogP contribution in [0.4, 0.5) is 5.69 Å². The van der Waals surface area contributed by atoms with Crippen molar-refractivity contribution >= 4 is 27.8 Å². The standard InChI is InChI=1S/C18H15BrN2O3/c1-11-6-7-15(14(19)8-11)20-10-16-18(22)24-17(21-16)12-4-3-5-13(9-12)23-2/h3-10,22H,1-2H3. The smallest absolute Gasteiger partial charge is 0.312 e. The van der Waals surface area contributed by atoms with Crippen LogP contribution in [0.25, 0.3) is 11.5 Å². The highest BCUT2D eigenvalue weighted by Crippen LogP contribution is 2.29. The topological polar surface area (TPSA) is 67.9 Å². The second-order valence-corrected chi connectivity index (χ2v) is 6.01. The highest BCUT2D eigenvalue weighted by Gasteiger charge is 2.13. The first kappa shape index (κ1) is 16.3. The van der Waals surface area contributed by atoms with Gasteiger partial charge < -0.3 is 14.3 Å². The maximum Gasteiger partial charge on any atom is 0.312 e. The first-order valence-corrected chi connectivity index (χ1v) is 8.00. The summed E-state index contributed by atoms with van der Waals surface area (Å²) in [6.45, 7) is 2.00. The lowest BCUT2D eigenvalue weighted by Crippen LogP contribution is -1.85. The molecule has 0 unspecified atom stereocenters. The Morgan fingerprint density at radius 2 is 2.08 bits per heavy atom. The summed E-state index contributed by atoms with van der Waals surface area (Å²) in [4.78, 5) is 8.62. The van der Waals surface area contributed by atoms with Crippen molar-refractivity contribution in [3.63, 3.8) is 0 Å². The van der Waals surface area contributed by atoms with Crippen LogP contribution in [-0.4, -0.2) is 23.4 Å². The Morgan fingerprint density at radius 1 is 1.25 bits per heavy atom. The fourth-order valence-corrected chi connectivity index (χ4v) is 2.73. The van der Waals surface area contributed by atoms with Gasteiger partial charge in [0.15, 0.2) is 5.69 Å². The minimum Gasteiger partial charge on any atom is -0.497 e. The number of rotatable bonds is 4. The maximum atomic E-state index is 9.95. The van der Waals surface area contributed by atoms with Crippen molar-refractivity contribution in [2.45, 2.75) is 6.92 Å². The van der Waals surface area contributed by atoms with Crippen molar-refractivity contribution < 1.29 is 14.3 Å². The van der Waals surface area contributed by atoms with Crippen molar-refractivity contribution in [3.8, 4) is 23.1 Å². The molecule has 0 bridgehead atoms. The Labute approximate surface area is 147 Å². The van der Waals surface area contributed by atoms with E-state index in [1.165, 1.54) is 6.21 Å². The first-order chi connectivity index (χ1) is 11.6. The number of ether oxygens (including phenoxy) is 1. The molecule has 0 saturated heterocycles. The Morgan fingerprint density at radius 3 is 2.83 bits per heavy atom. The number of nitrogens with zero attached hydrogens (tertiary/aromatic N) is 2. The van der Waals surface area contributed by atoms with Gasteiger partial charge in [-0.2, -0.15) is 0 Å². The number of benzene rings is 2. The number of aliphatic imine (C=N–C) groups is 1. The molecular formula is C18H15BrN2O3. The minimum atomic E-state index is -0.278. The second-order valence-electron chi connectivity index (χ2n) is 5.15. The van der Waals surface area contributed by atoms with Crippen molar-refractivity contribution in [3.05, 3.63) is 58.2 Å². The second kappa shape index (κ2) is 6.88. The van der Waals surface area contributed by atoms with E-state index in [-0.39, 0.29) is 11.6 Å². The SMILES string of the molecule is COc1cccc(-c2nc(C=Nc3ccc(C)cc3Br)c(O)o2)c1. The van der Waals surface area contributed by atoms with E-state index in [1.54, 1.807) is 13.2 Å². The summed E-state index contributed by atoms with van der Waals surface area (Å²) in [5.74, 6) is 0.708. The molecule has 2 aromatic carbocycles. The summed E-state index contributed by atoms with van der Waals surface area (Å²) < 4.78 is 11.4. The Bertz CT molecular complexity index is 903. The van der Waals surface area contributed by atoms with Gasteiger partial charge in [-0.15, -0.1) is 0 Å². The van der Waals surface area contributed by atoms with Crippen LogP contribution in [0.1, 0.15) is 11.3 Å². The maximum absolute atomic E-state index is 9.95. The number of aryl methyl sites for hydroxylation is 1. The minimum absolute atomic E-state index is 0.264. The number of halogens is 1.